The summed E-state index contributed by atoms with van der Waals surface area (Å²) in [6.45, 7) is 9.35. The summed E-state index contributed by atoms with van der Waals surface area (Å²) >= 11 is 0. The van der Waals surface area contributed by atoms with Crippen LogP contribution in [0.5, 0.6) is 0 Å². The molecule has 1 aliphatic carbocycles. The first-order valence-corrected chi connectivity index (χ1v) is 6.35. The van der Waals surface area contributed by atoms with Crippen LogP contribution in [0.25, 0.3) is 0 Å². The maximum Gasteiger partial charge on any atom is -0.00439 e. The molecule has 0 amide bonds. The highest BCUT2D eigenvalue weighted by molar-refractivity contribution is 4.77. The highest BCUT2D eigenvalue weighted by Gasteiger charge is 2.24. The Kier molecular flexibility index (Phi) is 4.94. The van der Waals surface area contributed by atoms with Gasteiger partial charge < -0.3 is 5.32 Å². The van der Waals surface area contributed by atoms with Crippen molar-refractivity contribution < 1.29 is 0 Å². The second-order valence-corrected chi connectivity index (χ2v) is 5.62. The topological polar surface area (TPSA) is 12.0 Å². The van der Waals surface area contributed by atoms with Crippen molar-refractivity contribution in [2.24, 2.45) is 11.3 Å². The minimum absolute atomic E-state index is 0.553. The molecule has 1 aliphatic rings. The van der Waals surface area contributed by atoms with Gasteiger partial charge in [-0.15, -0.1) is 0 Å². The molecule has 14 heavy (non-hydrogen) atoms. The van der Waals surface area contributed by atoms with Gasteiger partial charge in [0.1, 0.15) is 0 Å². The molecule has 0 bridgehead atoms. The van der Waals surface area contributed by atoms with Crippen LogP contribution >= 0.6 is 0 Å². The van der Waals surface area contributed by atoms with Crippen molar-refractivity contribution in [3.05, 3.63) is 0 Å². The Morgan fingerprint density at radius 2 is 1.86 bits per heavy atom. The van der Waals surface area contributed by atoms with Crippen LogP contribution in [-0.4, -0.2) is 13.1 Å². The third kappa shape index (κ3) is 4.45. The molecule has 0 aliphatic heterocycles. The molecule has 1 nitrogen and oxygen atoms in total. The molecular weight excluding hydrogens is 170 g/mol. The fourth-order valence-electron chi connectivity index (χ4n) is 2.70. The van der Waals surface area contributed by atoms with Crippen LogP contribution in [0.4, 0.5) is 0 Å². The molecule has 0 aromatic heterocycles. The lowest BCUT2D eigenvalue weighted by atomic mass is 9.79. The lowest BCUT2D eigenvalue weighted by Crippen LogP contribution is -2.23. The monoisotopic (exact) mass is 197 g/mol. The smallest absolute Gasteiger partial charge is 0.00439 e. The maximum atomic E-state index is 3.43. The molecule has 0 aromatic carbocycles. The third-order valence-electron chi connectivity index (χ3n) is 3.54. The Balaban J connectivity index is 2.18. The second kappa shape index (κ2) is 5.75. The van der Waals surface area contributed by atoms with E-state index in [2.05, 4.69) is 26.1 Å². The van der Waals surface area contributed by atoms with Gasteiger partial charge in [-0.1, -0.05) is 46.5 Å². The molecule has 0 atom stereocenters. The molecule has 0 radical (unpaired) electrons. The van der Waals surface area contributed by atoms with Crippen LogP contribution < -0.4 is 5.32 Å². The molecular formula is C13H27N. The van der Waals surface area contributed by atoms with E-state index in [4.69, 9.17) is 0 Å². The summed E-state index contributed by atoms with van der Waals surface area (Å²) in [4.78, 5) is 0. The maximum absolute atomic E-state index is 3.43. The zero-order valence-electron chi connectivity index (χ0n) is 10.2. The highest BCUT2D eigenvalue weighted by atomic mass is 14.8. The molecule has 0 heterocycles. The first-order chi connectivity index (χ1) is 6.64. The quantitative estimate of drug-likeness (QED) is 0.642. The summed E-state index contributed by atoms with van der Waals surface area (Å²) in [5.41, 5.74) is 0.553. The van der Waals surface area contributed by atoms with Gasteiger partial charge in [-0.3, -0.25) is 0 Å². The summed E-state index contributed by atoms with van der Waals surface area (Å²) in [7, 11) is 0. The zero-order chi connectivity index (χ0) is 10.4. The van der Waals surface area contributed by atoms with E-state index >= 15 is 0 Å². The van der Waals surface area contributed by atoms with Gasteiger partial charge >= 0.3 is 0 Å². The van der Waals surface area contributed by atoms with Gasteiger partial charge in [-0.25, -0.2) is 0 Å². The average Bonchev–Trinajstić information content (AvgIpc) is 2.56. The van der Waals surface area contributed by atoms with E-state index in [-0.39, 0.29) is 0 Å². The predicted octanol–water partition coefficient (Wildman–Crippen LogP) is 3.59. The Bertz CT molecular complexity index is 145. The molecule has 84 valence electrons. The van der Waals surface area contributed by atoms with Crippen molar-refractivity contribution in [2.45, 2.75) is 59.3 Å². The lowest BCUT2D eigenvalue weighted by molar-refractivity contribution is 0.247. The number of hydrogen-bond donors (Lipinski definition) is 1. The Morgan fingerprint density at radius 3 is 2.43 bits per heavy atom. The lowest BCUT2D eigenvalue weighted by Gasteiger charge is -2.28. The Hall–Kier alpha value is -0.0400. The van der Waals surface area contributed by atoms with Crippen molar-refractivity contribution >= 4 is 0 Å². The molecule has 0 saturated heterocycles. The first-order valence-electron chi connectivity index (χ1n) is 6.35. The van der Waals surface area contributed by atoms with Crippen molar-refractivity contribution in [1.82, 2.24) is 5.32 Å². The summed E-state index contributed by atoms with van der Waals surface area (Å²) < 4.78 is 0. The van der Waals surface area contributed by atoms with Crippen LogP contribution in [0, 0.1) is 11.3 Å². The van der Waals surface area contributed by atoms with E-state index in [1.807, 2.05) is 0 Å². The number of nitrogens with one attached hydrogen (secondary N) is 1. The standard InChI is InChI=1S/C13H27N/c1-4-14-10-9-13(2,3)11-12-7-5-6-8-12/h12,14H,4-11H2,1-3H3. The first kappa shape index (κ1) is 12.0. The van der Waals surface area contributed by atoms with E-state index in [0.29, 0.717) is 5.41 Å². The molecule has 1 N–H and O–H groups in total. The van der Waals surface area contributed by atoms with Gasteiger partial charge in [0.25, 0.3) is 0 Å². The Labute approximate surface area is 89.7 Å². The molecule has 1 fully saturated rings. The summed E-state index contributed by atoms with van der Waals surface area (Å²) in [5, 5.41) is 3.43. The van der Waals surface area contributed by atoms with Crippen LogP contribution in [0.2, 0.25) is 0 Å². The normalized spacial score (nSPS) is 19.1. The molecule has 1 rings (SSSR count). The summed E-state index contributed by atoms with van der Waals surface area (Å²) in [6.07, 6.45) is 8.72. The van der Waals surface area contributed by atoms with Crippen molar-refractivity contribution in [2.75, 3.05) is 13.1 Å². The number of hydrogen-bond acceptors (Lipinski definition) is 1. The minimum Gasteiger partial charge on any atom is -0.317 e. The van der Waals surface area contributed by atoms with Gasteiger partial charge in [-0.2, -0.15) is 0 Å². The zero-order valence-corrected chi connectivity index (χ0v) is 10.2. The van der Waals surface area contributed by atoms with Crippen molar-refractivity contribution in [3.63, 3.8) is 0 Å². The van der Waals surface area contributed by atoms with E-state index in [1.54, 1.807) is 0 Å². The van der Waals surface area contributed by atoms with Crippen LogP contribution in [0.1, 0.15) is 59.3 Å². The fraction of sp³-hybridized carbons (Fsp3) is 1.00. The van der Waals surface area contributed by atoms with Crippen LogP contribution in [0.15, 0.2) is 0 Å². The summed E-state index contributed by atoms with van der Waals surface area (Å²) in [6, 6.07) is 0. The van der Waals surface area contributed by atoms with E-state index < -0.39 is 0 Å². The third-order valence-corrected chi connectivity index (χ3v) is 3.54. The Morgan fingerprint density at radius 1 is 1.21 bits per heavy atom. The second-order valence-electron chi connectivity index (χ2n) is 5.62. The van der Waals surface area contributed by atoms with Gasteiger partial charge in [0.15, 0.2) is 0 Å². The fourth-order valence-corrected chi connectivity index (χ4v) is 2.70. The molecule has 0 aromatic rings. The van der Waals surface area contributed by atoms with E-state index in [0.717, 1.165) is 12.5 Å². The molecule has 1 saturated carbocycles. The van der Waals surface area contributed by atoms with Crippen LogP contribution in [0.3, 0.4) is 0 Å². The molecule has 1 heteroatoms. The SMILES string of the molecule is CCNCCC(C)(C)CC1CCCC1. The van der Waals surface area contributed by atoms with E-state index in [9.17, 15) is 0 Å². The van der Waals surface area contributed by atoms with Crippen molar-refractivity contribution in [3.8, 4) is 0 Å². The summed E-state index contributed by atoms with van der Waals surface area (Å²) in [5.74, 6) is 1.03. The van der Waals surface area contributed by atoms with E-state index in [1.165, 1.54) is 45.1 Å². The van der Waals surface area contributed by atoms with Crippen molar-refractivity contribution in [1.29, 1.82) is 0 Å². The van der Waals surface area contributed by atoms with Gasteiger partial charge in [-0.05, 0) is 37.3 Å². The predicted molar refractivity (Wildman–Crippen MR) is 63.5 cm³/mol. The van der Waals surface area contributed by atoms with Gasteiger partial charge in [0, 0.05) is 0 Å². The van der Waals surface area contributed by atoms with Gasteiger partial charge in [0.2, 0.25) is 0 Å². The average molecular weight is 197 g/mol. The highest BCUT2D eigenvalue weighted by Crippen LogP contribution is 2.37. The van der Waals surface area contributed by atoms with Gasteiger partial charge in [0.05, 0.1) is 0 Å². The minimum atomic E-state index is 0.553. The molecule has 0 spiro atoms. The number of rotatable bonds is 6. The largest absolute Gasteiger partial charge is 0.317 e. The molecule has 0 unspecified atom stereocenters. The van der Waals surface area contributed by atoms with Crippen LogP contribution in [-0.2, 0) is 0 Å².